The van der Waals surface area contributed by atoms with E-state index in [0.717, 1.165) is 19.1 Å². The summed E-state index contributed by atoms with van der Waals surface area (Å²) in [6.45, 7) is 3.63. The molecule has 2 aromatic rings. The topological polar surface area (TPSA) is 89.0 Å². The number of benzene rings is 1. The number of nitrogens with zero attached hydrogens (tertiary/aromatic N) is 2. The predicted molar refractivity (Wildman–Crippen MR) is 115 cm³/mol. The summed E-state index contributed by atoms with van der Waals surface area (Å²) in [6, 6.07) is 4.73. The quantitative estimate of drug-likeness (QED) is 0.695. The number of sulfone groups is 1. The molecule has 1 fully saturated rings. The first kappa shape index (κ1) is 21.5. The fourth-order valence-corrected chi connectivity index (χ4v) is 5.07. The molecule has 0 saturated heterocycles. The van der Waals surface area contributed by atoms with Crippen LogP contribution in [-0.2, 0) is 14.6 Å². The lowest BCUT2D eigenvalue weighted by Crippen LogP contribution is -2.24. The Labute approximate surface area is 176 Å². The third-order valence-corrected chi connectivity index (χ3v) is 6.83. The van der Waals surface area contributed by atoms with E-state index in [2.05, 4.69) is 21.9 Å². The molecule has 1 N–H and O–H groups in total. The number of carbonyl (C=O) groups is 1. The van der Waals surface area contributed by atoms with Gasteiger partial charge in [0.05, 0.1) is 33.9 Å². The van der Waals surface area contributed by atoms with E-state index in [1.54, 1.807) is 18.2 Å². The third kappa shape index (κ3) is 5.42. The molecule has 29 heavy (non-hydrogen) atoms. The molecular formula is C21H24ClN3O3S. The standard InChI is InChI=1S/C21H24ClN3O3S/c1-3-16-12-24-20(13-23-16)25-21(26)17(10-14-6-4-5-7-14)15-8-9-19(18(22)11-15)29(2,27)28/h3,8-9,11-14,17H,1,4-7,10H2,2H3,(H,24,25,26). The molecule has 0 spiro atoms. The van der Waals surface area contributed by atoms with Gasteiger partial charge in [-0.1, -0.05) is 49.9 Å². The molecule has 0 bridgehead atoms. The lowest BCUT2D eigenvalue weighted by molar-refractivity contribution is -0.118. The molecule has 1 heterocycles. The molecule has 1 aromatic carbocycles. The summed E-state index contributed by atoms with van der Waals surface area (Å²) in [5.74, 6) is 0.148. The van der Waals surface area contributed by atoms with Gasteiger partial charge in [0.1, 0.15) is 0 Å². The SMILES string of the molecule is C=Cc1cnc(NC(=O)C(CC2CCCC2)c2ccc(S(C)(=O)=O)c(Cl)c2)cn1. The summed E-state index contributed by atoms with van der Waals surface area (Å²) in [5.41, 5.74) is 1.32. The number of halogens is 1. The zero-order valence-electron chi connectivity index (χ0n) is 16.3. The fourth-order valence-electron chi connectivity index (χ4n) is 3.73. The molecule has 1 aromatic heterocycles. The highest BCUT2D eigenvalue weighted by Crippen LogP contribution is 2.36. The smallest absolute Gasteiger partial charge is 0.233 e. The maximum Gasteiger partial charge on any atom is 0.233 e. The second kappa shape index (κ2) is 9.05. The van der Waals surface area contributed by atoms with Crippen LogP contribution in [0.2, 0.25) is 5.02 Å². The van der Waals surface area contributed by atoms with Gasteiger partial charge < -0.3 is 5.32 Å². The largest absolute Gasteiger partial charge is 0.309 e. The molecular weight excluding hydrogens is 410 g/mol. The van der Waals surface area contributed by atoms with Crippen LogP contribution in [0, 0.1) is 5.92 Å². The van der Waals surface area contributed by atoms with Crippen LogP contribution in [-0.4, -0.2) is 30.5 Å². The summed E-state index contributed by atoms with van der Waals surface area (Å²) >= 11 is 6.23. The van der Waals surface area contributed by atoms with Crippen LogP contribution < -0.4 is 5.32 Å². The number of rotatable bonds is 7. The minimum atomic E-state index is -3.43. The number of nitrogens with one attached hydrogen (secondary N) is 1. The molecule has 1 aliphatic carbocycles. The minimum absolute atomic E-state index is 0.0637. The zero-order chi connectivity index (χ0) is 21.0. The van der Waals surface area contributed by atoms with E-state index in [-0.39, 0.29) is 15.8 Å². The summed E-state index contributed by atoms with van der Waals surface area (Å²) in [5, 5.41) is 2.95. The van der Waals surface area contributed by atoms with E-state index >= 15 is 0 Å². The van der Waals surface area contributed by atoms with Gasteiger partial charge in [-0.2, -0.15) is 0 Å². The van der Waals surface area contributed by atoms with Crippen LogP contribution in [0.5, 0.6) is 0 Å². The molecule has 0 aliphatic heterocycles. The van der Waals surface area contributed by atoms with Gasteiger partial charge in [-0.15, -0.1) is 0 Å². The number of anilines is 1. The highest BCUT2D eigenvalue weighted by atomic mass is 35.5. The lowest BCUT2D eigenvalue weighted by atomic mass is 9.87. The summed E-state index contributed by atoms with van der Waals surface area (Å²) in [6.07, 6.45) is 10.9. The molecule has 1 unspecified atom stereocenters. The number of amides is 1. The molecule has 1 saturated carbocycles. The lowest BCUT2D eigenvalue weighted by Gasteiger charge is -2.21. The Morgan fingerprint density at radius 1 is 1.31 bits per heavy atom. The highest BCUT2D eigenvalue weighted by Gasteiger charge is 2.28. The highest BCUT2D eigenvalue weighted by molar-refractivity contribution is 7.90. The van der Waals surface area contributed by atoms with Crippen molar-refractivity contribution in [3.8, 4) is 0 Å². The first-order chi connectivity index (χ1) is 13.8. The predicted octanol–water partition coefficient (Wildman–Crippen LogP) is 4.48. The van der Waals surface area contributed by atoms with Crippen molar-refractivity contribution in [3.63, 3.8) is 0 Å². The van der Waals surface area contributed by atoms with E-state index in [9.17, 15) is 13.2 Å². The van der Waals surface area contributed by atoms with Crippen LogP contribution in [0.15, 0.2) is 42.1 Å². The van der Waals surface area contributed by atoms with Crippen molar-refractivity contribution < 1.29 is 13.2 Å². The van der Waals surface area contributed by atoms with Gasteiger partial charge in [-0.3, -0.25) is 9.78 Å². The van der Waals surface area contributed by atoms with Crippen LogP contribution in [0.1, 0.15) is 49.3 Å². The van der Waals surface area contributed by atoms with Gasteiger partial charge in [0.15, 0.2) is 15.7 Å². The molecule has 1 aliphatic rings. The number of aromatic nitrogens is 2. The van der Waals surface area contributed by atoms with Crippen LogP contribution >= 0.6 is 11.6 Å². The number of carbonyl (C=O) groups excluding carboxylic acids is 1. The Balaban J connectivity index is 1.88. The van der Waals surface area contributed by atoms with Gasteiger partial charge in [-0.25, -0.2) is 13.4 Å². The maximum absolute atomic E-state index is 13.1. The number of hydrogen-bond acceptors (Lipinski definition) is 5. The summed E-state index contributed by atoms with van der Waals surface area (Å²) < 4.78 is 23.7. The number of hydrogen-bond donors (Lipinski definition) is 1. The molecule has 3 rings (SSSR count). The molecule has 8 heteroatoms. The van der Waals surface area contributed by atoms with Gasteiger partial charge in [-0.05, 0) is 36.1 Å². The Morgan fingerprint density at radius 3 is 2.59 bits per heavy atom. The van der Waals surface area contributed by atoms with Crippen LogP contribution in [0.25, 0.3) is 6.08 Å². The minimum Gasteiger partial charge on any atom is -0.309 e. The van der Waals surface area contributed by atoms with Crippen molar-refractivity contribution in [2.75, 3.05) is 11.6 Å². The molecule has 0 radical (unpaired) electrons. The van der Waals surface area contributed by atoms with Gasteiger partial charge >= 0.3 is 0 Å². The molecule has 154 valence electrons. The van der Waals surface area contributed by atoms with E-state index in [0.29, 0.717) is 29.4 Å². The average molecular weight is 434 g/mol. The third-order valence-electron chi connectivity index (χ3n) is 5.25. The van der Waals surface area contributed by atoms with Gasteiger partial charge in [0, 0.05) is 6.26 Å². The van der Waals surface area contributed by atoms with Crippen molar-refractivity contribution in [1.82, 2.24) is 9.97 Å². The Hall–Kier alpha value is -2.25. The second-order valence-electron chi connectivity index (χ2n) is 7.42. The van der Waals surface area contributed by atoms with Crippen molar-refractivity contribution in [1.29, 1.82) is 0 Å². The molecule has 6 nitrogen and oxygen atoms in total. The van der Waals surface area contributed by atoms with E-state index in [4.69, 9.17) is 11.6 Å². The normalized spacial score (nSPS) is 15.8. The average Bonchev–Trinajstić information content (AvgIpc) is 3.19. The monoisotopic (exact) mass is 433 g/mol. The van der Waals surface area contributed by atoms with Crippen molar-refractivity contribution in [2.24, 2.45) is 5.92 Å². The summed E-state index contributed by atoms with van der Waals surface area (Å²) in [4.78, 5) is 21.5. The van der Waals surface area contributed by atoms with Crippen molar-refractivity contribution in [3.05, 3.63) is 53.5 Å². The Kier molecular flexibility index (Phi) is 6.70. The first-order valence-electron chi connectivity index (χ1n) is 9.53. The molecule has 1 atom stereocenters. The Bertz CT molecular complexity index is 1000. The molecule has 1 amide bonds. The van der Waals surface area contributed by atoms with Crippen molar-refractivity contribution in [2.45, 2.75) is 42.9 Å². The zero-order valence-corrected chi connectivity index (χ0v) is 17.8. The van der Waals surface area contributed by atoms with Crippen LogP contribution in [0.3, 0.4) is 0 Å². The van der Waals surface area contributed by atoms with Gasteiger partial charge in [0.25, 0.3) is 0 Å². The van der Waals surface area contributed by atoms with Gasteiger partial charge in [0.2, 0.25) is 5.91 Å². The first-order valence-corrected chi connectivity index (χ1v) is 11.8. The fraction of sp³-hybridized carbons (Fsp3) is 0.381. The van der Waals surface area contributed by atoms with Crippen LogP contribution in [0.4, 0.5) is 5.82 Å². The van der Waals surface area contributed by atoms with E-state index < -0.39 is 15.8 Å². The van der Waals surface area contributed by atoms with Crippen molar-refractivity contribution >= 4 is 39.2 Å². The summed E-state index contributed by atoms with van der Waals surface area (Å²) in [7, 11) is -3.43. The Morgan fingerprint density at radius 2 is 2.03 bits per heavy atom. The van der Waals surface area contributed by atoms with E-state index in [1.165, 1.54) is 31.3 Å². The van der Waals surface area contributed by atoms with E-state index in [1.807, 2.05) is 0 Å². The second-order valence-corrected chi connectivity index (χ2v) is 9.81. The maximum atomic E-state index is 13.1.